The number of allylic oxidation sites excluding steroid dienone is 5. The Kier molecular flexibility index (Phi) is 14.2. The number of para-hydroxylation sites is 1. The second-order valence-corrected chi connectivity index (χ2v) is 7.21. The molecular weight excluding hydrogens is 360 g/mol. The van der Waals surface area contributed by atoms with Gasteiger partial charge >= 0.3 is 5.97 Å². The molecule has 0 amide bonds. The molecule has 29 heavy (non-hydrogen) atoms. The normalized spacial score (nSPS) is 11.6. The Balaban J connectivity index is 2.66. The molecule has 0 bridgehead atoms. The van der Waals surface area contributed by atoms with Crippen molar-refractivity contribution < 1.29 is 14.3 Å². The van der Waals surface area contributed by atoms with Crippen LogP contribution in [0.5, 0.6) is 5.75 Å². The number of carbonyl (C=O) groups is 1. The van der Waals surface area contributed by atoms with Crippen LogP contribution >= 0.6 is 0 Å². The summed E-state index contributed by atoms with van der Waals surface area (Å²) in [6.45, 7) is 8.63. The molecule has 0 aliphatic rings. The molecule has 0 radical (unpaired) electrons. The van der Waals surface area contributed by atoms with Crippen molar-refractivity contribution in [2.24, 2.45) is 0 Å². The van der Waals surface area contributed by atoms with E-state index in [1.54, 1.807) is 12.1 Å². The average molecular weight is 399 g/mol. The molecule has 0 heterocycles. The molecule has 1 rings (SSSR count). The molecule has 0 saturated carbocycles. The van der Waals surface area contributed by atoms with Crippen molar-refractivity contribution in [2.75, 3.05) is 6.61 Å². The van der Waals surface area contributed by atoms with Crippen LogP contribution in [-0.2, 0) is 4.74 Å². The molecule has 0 aliphatic heterocycles. The lowest BCUT2D eigenvalue weighted by atomic mass is 10.1. The summed E-state index contributed by atoms with van der Waals surface area (Å²) in [5.41, 5.74) is 0.474. The van der Waals surface area contributed by atoms with E-state index >= 15 is 0 Å². The predicted octanol–water partition coefficient (Wildman–Crippen LogP) is 7.79. The van der Waals surface area contributed by atoms with E-state index in [4.69, 9.17) is 9.47 Å². The predicted molar refractivity (Wildman–Crippen MR) is 122 cm³/mol. The molecule has 3 heteroatoms. The number of carbonyl (C=O) groups excluding carboxylic acids is 1. The summed E-state index contributed by atoms with van der Waals surface area (Å²) >= 11 is 0. The zero-order valence-corrected chi connectivity index (χ0v) is 18.3. The molecule has 1 aromatic carbocycles. The maximum Gasteiger partial charge on any atom is 0.346 e. The van der Waals surface area contributed by atoms with Crippen LogP contribution < -0.4 is 4.74 Å². The second-order valence-electron chi connectivity index (χ2n) is 7.21. The lowest BCUT2D eigenvalue weighted by molar-refractivity contribution is 0.0608. The first kappa shape index (κ1) is 24.7. The molecule has 160 valence electrons. The van der Waals surface area contributed by atoms with Crippen molar-refractivity contribution in [1.82, 2.24) is 0 Å². The molecule has 0 saturated heterocycles. The van der Waals surface area contributed by atoms with Gasteiger partial charge in [-0.05, 0) is 31.1 Å². The summed E-state index contributed by atoms with van der Waals surface area (Å²) in [6.07, 6.45) is 18.6. The van der Waals surface area contributed by atoms with Gasteiger partial charge in [-0.25, -0.2) is 4.79 Å². The van der Waals surface area contributed by atoms with E-state index in [0.29, 0.717) is 23.7 Å². The van der Waals surface area contributed by atoms with Gasteiger partial charge in [-0.2, -0.15) is 0 Å². The van der Waals surface area contributed by atoms with E-state index in [-0.39, 0.29) is 5.97 Å². The Bertz CT molecular complexity index is 643. The fraction of sp³-hybridized carbons (Fsp3) is 0.500. The summed E-state index contributed by atoms with van der Waals surface area (Å²) in [5.74, 6) is 0.908. The van der Waals surface area contributed by atoms with Crippen LogP contribution in [0.25, 0.3) is 0 Å². The van der Waals surface area contributed by atoms with Gasteiger partial charge in [0.05, 0.1) is 6.61 Å². The smallest absolute Gasteiger partial charge is 0.346 e. The minimum absolute atomic E-state index is 0.363. The number of benzene rings is 1. The molecule has 0 aromatic heterocycles. The van der Waals surface area contributed by atoms with E-state index in [2.05, 4.69) is 20.4 Å². The van der Waals surface area contributed by atoms with Gasteiger partial charge in [-0.3, -0.25) is 0 Å². The molecule has 1 aromatic rings. The summed E-state index contributed by atoms with van der Waals surface area (Å²) in [7, 11) is 0. The highest BCUT2D eigenvalue weighted by Crippen LogP contribution is 2.22. The number of esters is 1. The average Bonchev–Trinajstić information content (AvgIpc) is 2.73. The van der Waals surface area contributed by atoms with Crippen LogP contribution in [0.3, 0.4) is 0 Å². The van der Waals surface area contributed by atoms with Gasteiger partial charge in [-0.1, -0.05) is 95.7 Å². The monoisotopic (exact) mass is 398 g/mol. The van der Waals surface area contributed by atoms with Crippen LogP contribution in [0.4, 0.5) is 0 Å². The SMILES string of the molecule is C=CC=CC=C(CCCCCCCCC)OC(=O)c1ccccc1OCCCC. The first-order valence-electron chi connectivity index (χ1n) is 11.1. The van der Waals surface area contributed by atoms with E-state index < -0.39 is 0 Å². The van der Waals surface area contributed by atoms with Crippen molar-refractivity contribution in [3.63, 3.8) is 0 Å². The van der Waals surface area contributed by atoms with Gasteiger partial charge in [0.1, 0.15) is 17.1 Å². The van der Waals surface area contributed by atoms with E-state index in [1.165, 1.54) is 32.1 Å². The first-order valence-corrected chi connectivity index (χ1v) is 11.1. The van der Waals surface area contributed by atoms with Crippen molar-refractivity contribution >= 4 is 5.97 Å². The molecule has 0 aliphatic carbocycles. The molecular formula is C26H38O3. The Morgan fingerprint density at radius 1 is 0.931 bits per heavy atom. The van der Waals surface area contributed by atoms with Gasteiger partial charge in [0, 0.05) is 6.42 Å². The molecule has 3 nitrogen and oxygen atoms in total. The van der Waals surface area contributed by atoms with Crippen molar-refractivity contribution in [3.05, 3.63) is 66.5 Å². The minimum Gasteiger partial charge on any atom is -0.493 e. The number of ether oxygens (including phenoxy) is 2. The molecule has 0 unspecified atom stereocenters. The largest absolute Gasteiger partial charge is 0.493 e. The van der Waals surface area contributed by atoms with Crippen molar-refractivity contribution in [1.29, 1.82) is 0 Å². The highest BCUT2D eigenvalue weighted by atomic mass is 16.5. The summed E-state index contributed by atoms with van der Waals surface area (Å²) < 4.78 is 11.5. The van der Waals surface area contributed by atoms with Crippen LogP contribution in [-0.4, -0.2) is 12.6 Å². The number of hydrogen-bond donors (Lipinski definition) is 0. The van der Waals surface area contributed by atoms with Gasteiger partial charge in [-0.15, -0.1) is 0 Å². The first-order chi connectivity index (χ1) is 14.2. The standard InChI is InChI=1S/C26H38O3/c1-4-7-10-11-12-13-15-19-23(18-14-8-5-2)29-26(27)24-20-16-17-21-25(24)28-22-9-6-3/h5,8,14,16-18,20-21H,2,4,6-7,9-13,15,19,22H2,1,3H3. The topological polar surface area (TPSA) is 35.5 Å². The van der Waals surface area contributed by atoms with E-state index in [1.807, 2.05) is 36.4 Å². The second kappa shape index (κ2) is 16.6. The van der Waals surface area contributed by atoms with Crippen molar-refractivity contribution in [2.45, 2.75) is 78.1 Å². The molecule has 0 atom stereocenters. The highest BCUT2D eigenvalue weighted by Gasteiger charge is 2.15. The lowest BCUT2D eigenvalue weighted by Gasteiger charge is -2.12. The van der Waals surface area contributed by atoms with Gasteiger partial charge in [0.2, 0.25) is 0 Å². The Hall–Kier alpha value is -2.29. The summed E-state index contributed by atoms with van der Waals surface area (Å²) in [5, 5.41) is 0. The number of hydrogen-bond acceptors (Lipinski definition) is 3. The fourth-order valence-electron chi connectivity index (χ4n) is 2.93. The maximum absolute atomic E-state index is 12.8. The third-order valence-corrected chi connectivity index (χ3v) is 4.64. The maximum atomic E-state index is 12.8. The van der Waals surface area contributed by atoms with Crippen LogP contribution in [0, 0.1) is 0 Å². The quantitative estimate of drug-likeness (QED) is 0.123. The van der Waals surface area contributed by atoms with Gasteiger partial charge in [0.25, 0.3) is 0 Å². The minimum atomic E-state index is -0.363. The van der Waals surface area contributed by atoms with E-state index in [9.17, 15) is 4.79 Å². The van der Waals surface area contributed by atoms with Crippen LogP contribution in [0.2, 0.25) is 0 Å². The third kappa shape index (κ3) is 11.3. The molecule has 0 fully saturated rings. The van der Waals surface area contributed by atoms with E-state index in [0.717, 1.165) is 32.1 Å². The molecule has 0 N–H and O–H groups in total. The zero-order chi connectivity index (χ0) is 21.2. The fourth-order valence-corrected chi connectivity index (χ4v) is 2.93. The summed E-state index contributed by atoms with van der Waals surface area (Å²) in [4.78, 5) is 12.8. The third-order valence-electron chi connectivity index (χ3n) is 4.64. The van der Waals surface area contributed by atoms with Crippen molar-refractivity contribution in [3.8, 4) is 5.75 Å². The number of rotatable bonds is 16. The van der Waals surface area contributed by atoms with Gasteiger partial charge < -0.3 is 9.47 Å². The summed E-state index contributed by atoms with van der Waals surface area (Å²) in [6, 6.07) is 7.29. The van der Waals surface area contributed by atoms with Crippen LogP contribution in [0.1, 0.15) is 88.4 Å². The van der Waals surface area contributed by atoms with Gasteiger partial charge in [0.15, 0.2) is 0 Å². The van der Waals surface area contributed by atoms with Crippen LogP contribution in [0.15, 0.2) is 60.9 Å². The lowest BCUT2D eigenvalue weighted by Crippen LogP contribution is -2.09. The Morgan fingerprint density at radius 2 is 1.62 bits per heavy atom. The zero-order valence-electron chi connectivity index (χ0n) is 18.3. The highest BCUT2D eigenvalue weighted by molar-refractivity contribution is 5.93. The Labute approximate surface area is 177 Å². The number of unbranched alkanes of at least 4 members (excludes halogenated alkanes) is 7. The Morgan fingerprint density at radius 3 is 2.34 bits per heavy atom. The molecule has 0 spiro atoms.